The van der Waals surface area contributed by atoms with Crippen LogP contribution in [0.2, 0.25) is 0 Å². The molecule has 0 atom stereocenters. The average molecular weight is 384 g/mol. The zero-order valence-corrected chi connectivity index (χ0v) is 18.1. The molecule has 0 aromatic heterocycles. The van der Waals surface area contributed by atoms with Crippen LogP contribution in [0.1, 0.15) is 58.4 Å². The Hall–Kier alpha value is -1.07. The first-order valence-corrected chi connectivity index (χ1v) is 11.4. The Labute approximate surface area is 160 Å². The Bertz CT molecular complexity index is 618. The summed E-state index contributed by atoms with van der Waals surface area (Å²) in [5, 5.41) is 0. The number of aryl methyl sites for hydroxylation is 1. The summed E-state index contributed by atoms with van der Waals surface area (Å²) in [5.41, 5.74) is 1.31. The predicted octanol–water partition coefficient (Wildman–Crippen LogP) is 4.33. The van der Waals surface area contributed by atoms with Crippen LogP contribution >= 0.6 is 0 Å². The van der Waals surface area contributed by atoms with Crippen molar-refractivity contribution in [3.8, 4) is 5.75 Å². The molecule has 0 aliphatic heterocycles. The van der Waals surface area contributed by atoms with E-state index in [1.54, 1.807) is 20.8 Å². The van der Waals surface area contributed by atoms with Gasteiger partial charge >= 0.3 is 0 Å². The number of nitrogens with zero attached hydrogens (tertiary/aromatic N) is 1. The standard InChI is InChI=1S/C21H37NO3S/c1-21(2,3)26(23,24)17-10-8-6-7-9-12-19-13-11-14-20(18-19)25-16-15-22(4)5/h11,13-14,18H,6-10,12,15-17H2,1-5H3. The predicted molar refractivity (Wildman–Crippen MR) is 111 cm³/mol. The molecule has 0 saturated carbocycles. The van der Waals surface area contributed by atoms with Gasteiger partial charge in [0.2, 0.25) is 0 Å². The molecular weight excluding hydrogens is 346 g/mol. The van der Waals surface area contributed by atoms with E-state index in [2.05, 4.69) is 23.1 Å². The van der Waals surface area contributed by atoms with Gasteiger partial charge in [0.15, 0.2) is 9.84 Å². The number of sulfone groups is 1. The van der Waals surface area contributed by atoms with Crippen molar-refractivity contribution in [2.45, 2.75) is 64.0 Å². The monoisotopic (exact) mass is 383 g/mol. The highest BCUT2D eigenvalue weighted by atomic mass is 32.2. The van der Waals surface area contributed by atoms with Gasteiger partial charge in [0.25, 0.3) is 0 Å². The molecule has 1 aromatic rings. The summed E-state index contributed by atoms with van der Waals surface area (Å²) in [6, 6.07) is 8.34. The Morgan fingerprint density at radius 3 is 2.31 bits per heavy atom. The molecule has 0 bridgehead atoms. The van der Waals surface area contributed by atoms with Crippen LogP contribution in [-0.4, -0.2) is 51.1 Å². The highest BCUT2D eigenvalue weighted by molar-refractivity contribution is 7.92. The molecule has 150 valence electrons. The topological polar surface area (TPSA) is 46.6 Å². The fourth-order valence-corrected chi connectivity index (χ4v) is 3.79. The summed E-state index contributed by atoms with van der Waals surface area (Å²) < 4.78 is 29.3. The molecule has 0 saturated heterocycles. The van der Waals surface area contributed by atoms with Crippen LogP contribution in [0.3, 0.4) is 0 Å². The van der Waals surface area contributed by atoms with E-state index in [0.29, 0.717) is 12.4 Å². The molecule has 0 spiro atoms. The summed E-state index contributed by atoms with van der Waals surface area (Å²) in [5.74, 6) is 1.25. The lowest BCUT2D eigenvalue weighted by Gasteiger charge is -2.18. The molecule has 1 aromatic carbocycles. The molecule has 0 aliphatic carbocycles. The molecule has 5 heteroatoms. The summed E-state index contributed by atoms with van der Waals surface area (Å²) in [6.07, 6.45) is 6.18. The molecular formula is C21H37NO3S. The smallest absolute Gasteiger partial charge is 0.155 e. The number of rotatable bonds is 12. The van der Waals surface area contributed by atoms with Crippen molar-refractivity contribution >= 4 is 9.84 Å². The minimum Gasteiger partial charge on any atom is -0.492 e. The van der Waals surface area contributed by atoms with Gasteiger partial charge in [0.05, 0.1) is 10.5 Å². The lowest BCUT2D eigenvalue weighted by molar-refractivity contribution is 0.261. The highest BCUT2D eigenvalue weighted by Gasteiger charge is 2.27. The van der Waals surface area contributed by atoms with Crippen molar-refractivity contribution in [2.75, 3.05) is 33.0 Å². The molecule has 0 N–H and O–H groups in total. The minimum atomic E-state index is -2.97. The number of benzene rings is 1. The van der Waals surface area contributed by atoms with Crippen LogP contribution in [0, 0.1) is 0 Å². The fraction of sp³-hybridized carbons (Fsp3) is 0.714. The van der Waals surface area contributed by atoms with Gasteiger partial charge in [-0.25, -0.2) is 8.42 Å². The number of ether oxygens (including phenoxy) is 1. The van der Waals surface area contributed by atoms with E-state index in [1.165, 1.54) is 5.56 Å². The SMILES string of the molecule is CN(C)CCOc1cccc(CCCCCCCS(=O)(=O)C(C)(C)C)c1. The summed E-state index contributed by atoms with van der Waals surface area (Å²) >= 11 is 0. The van der Waals surface area contributed by atoms with Crippen molar-refractivity contribution < 1.29 is 13.2 Å². The van der Waals surface area contributed by atoms with E-state index in [0.717, 1.165) is 50.8 Å². The molecule has 0 aliphatic rings. The van der Waals surface area contributed by atoms with Gasteiger partial charge in [0, 0.05) is 6.54 Å². The van der Waals surface area contributed by atoms with Crippen molar-refractivity contribution in [3.63, 3.8) is 0 Å². The number of hydrogen-bond acceptors (Lipinski definition) is 4. The Kier molecular flexibility index (Phi) is 9.66. The molecule has 1 rings (SSSR count). The number of likely N-dealkylation sites (N-methyl/N-ethyl adjacent to an activating group) is 1. The maximum Gasteiger partial charge on any atom is 0.155 e. The number of unbranched alkanes of at least 4 members (excludes halogenated alkanes) is 4. The third kappa shape index (κ3) is 9.04. The van der Waals surface area contributed by atoms with Gasteiger partial charge in [-0.3, -0.25) is 0 Å². The Morgan fingerprint density at radius 1 is 1.00 bits per heavy atom. The van der Waals surface area contributed by atoms with E-state index in [1.807, 2.05) is 20.2 Å². The second-order valence-corrected chi connectivity index (χ2v) is 11.1. The van der Waals surface area contributed by atoms with E-state index in [4.69, 9.17) is 4.74 Å². The molecule has 0 amide bonds. The zero-order valence-electron chi connectivity index (χ0n) is 17.3. The second kappa shape index (κ2) is 10.9. The van der Waals surface area contributed by atoms with Crippen LogP contribution in [0.25, 0.3) is 0 Å². The normalized spacial score (nSPS) is 12.5. The number of hydrogen-bond donors (Lipinski definition) is 0. The van der Waals surface area contributed by atoms with Crippen LogP contribution in [-0.2, 0) is 16.3 Å². The first-order chi connectivity index (χ1) is 12.1. The lowest BCUT2D eigenvalue weighted by atomic mass is 10.1. The van der Waals surface area contributed by atoms with Crippen molar-refractivity contribution in [1.82, 2.24) is 4.90 Å². The highest BCUT2D eigenvalue weighted by Crippen LogP contribution is 2.19. The third-order valence-corrected chi connectivity index (χ3v) is 7.21. The summed E-state index contributed by atoms with van der Waals surface area (Å²) in [7, 11) is 1.11. The van der Waals surface area contributed by atoms with Gasteiger partial charge in [-0.2, -0.15) is 0 Å². The molecule has 0 heterocycles. The van der Waals surface area contributed by atoms with Crippen LogP contribution in [0.15, 0.2) is 24.3 Å². The van der Waals surface area contributed by atoms with Gasteiger partial charge in [-0.15, -0.1) is 0 Å². The lowest BCUT2D eigenvalue weighted by Crippen LogP contribution is -2.30. The van der Waals surface area contributed by atoms with Crippen LogP contribution in [0.5, 0.6) is 5.75 Å². The average Bonchev–Trinajstić information content (AvgIpc) is 2.53. The van der Waals surface area contributed by atoms with Gasteiger partial charge < -0.3 is 9.64 Å². The van der Waals surface area contributed by atoms with Crippen LogP contribution < -0.4 is 4.74 Å². The zero-order chi connectivity index (χ0) is 19.6. The van der Waals surface area contributed by atoms with Gasteiger partial charge in [0.1, 0.15) is 12.4 Å². The van der Waals surface area contributed by atoms with Crippen LogP contribution in [0.4, 0.5) is 0 Å². The summed E-state index contributed by atoms with van der Waals surface area (Å²) in [6.45, 7) is 6.95. The molecule has 26 heavy (non-hydrogen) atoms. The molecule has 0 unspecified atom stereocenters. The Balaban J connectivity index is 2.20. The van der Waals surface area contributed by atoms with E-state index in [9.17, 15) is 8.42 Å². The van der Waals surface area contributed by atoms with Gasteiger partial charge in [-0.05, 0) is 71.8 Å². The first-order valence-electron chi connectivity index (χ1n) is 9.70. The van der Waals surface area contributed by atoms with Crippen molar-refractivity contribution in [3.05, 3.63) is 29.8 Å². The maximum atomic E-state index is 12.1. The van der Waals surface area contributed by atoms with Crippen molar-refractivity contribution in [2.24, 2.45) is 0 Å². The van der Waals surface area contributed by atoms with Gasteiger partial charge in [-0.1, -0.05) is 31.4 Å². The summed E-state index contributed by atoms with van der Waals surface area (Å²) in [4.78, 5) is 2.11. The molecule has 0 radical (unpaired) electrons. The van der Waals surface area contributed by atoms with E-state index < -0.39 is 14.6 Å². The molecule has 4 nitrogen and oxygen atoms in total. The largest absolute Gasteiger partial charge is 0.492 e. The van der Waals surface area contributed by atoms with E-state index >= 15 is 0 Å². The Morgan fingerprint density at radius 2 is 1.65 bits per heavy atom. The minimum absolute atomic E-state index is 0.308. The van der Waals surface area contributed by atoms with E-state index in [-0.39, 0.29) is 0 Å². The first kappa shape index (κ1) is 23.0. The quantitative estimate of drug-likeness (QED) is 0.504. The maximum absolute atomic E-state index is 12.1. The second-order valence-electron chi connectivity index (χ2n) is 8.25. The fourth-order valence-electron chi connectivity index (χ4n) is 2.59. The third-order valence-electron chi connectivity index (χ3n) is 4.52. The van der Waals surface area contributed by atoms with Crippen molar-refractivity contribution in [1.29, 1.82) is 0 Å². The molecule has 0 fully saturated rings.